The number of halogens is 2. The number of nitrogens with one attached hydrogen (secondary N) is 1. The number of cyclic esters (lactones) is 2. The smallest absolute Gasteiger partial charge is 0.387 e. The quantitative estimate of drug-likeness (QED) is 0.315. The lowest BCUT2D eigenvalue weighted by molar-refractivity contribution is -0.141. The van der Waals surface area contributed by atoms with Gasteiger partial charge < -0.3 is 24.6 Å². The van der Waals surface area contributed by atoms with Gasteiger partial charge in [-0.05, 0) is 35.6 Å². The number of carbonyl (C=O) groups is 3. The first-order valence-electron chi connectivity index (χ1n) is 12.5. The number of aliphatic hydroxyl groups is 1. The van der Waals surface area contributed by atoms with E-state index < -0.39 is 53.7 Å². The van der Waals surface area contributed by atoms with E-state index >= 15 is 0 Å². The number of nitrogens with zero attached hydrogens (tertiary/aromatic N) is 3. The molecule has 2 amide bonds. The van der Waals surface area contributed by atoms with E-state index in [-0.39, 0.29) is 24.2 Å². The van der Waals surface area contributed by atoms with Crippen LogP contribution in [0.1, 0.15) is 44.6 Å². The van der Waals surface area contributed by atoms with Gasteiger partial charge in [0, 0.05) is 24.8 Å². The first kappa shape index (κ1) is 27.9. The van der Waals surface area contributed by atoms with Crippen LogP contribution < -0.4 is 5.32 Å². The number of benzene rings is 2. The average molecular weight is 541 g/mol. The maximum atomic E-state index is 14.8. The highest BCUT2D eigenvalue weighted by Gasteiger charge is 2.40. The molecule has 9 nitrogen and oxygen atoms in total. The Morgan fingerprint density at radius 3 is 2.51 bits per heavy atom. The lowest BCUT2D eigenvalue weighted by atomic mass is 9.84. The molecule has 1 fully saturated rings. The summed E-state index contributed by atoms with van der Waals surface area (Å²) in [5.74, 6) is -2.28. The van der Waals surface area contributed by atoms with Gasteiger partial charge in [0.1, 0.15) is 30.1 Å². The Hall–Kier alpha value is -4.12. The predicted molar refractivity (Wildman–Crippen MR) is 137 cm³/mol. The van der Waals surface area contributed by atoms with Crippen LogP contribution in [0.15, 0.2) is 54.7 Å². The third kappa shape index (κ3) is 6.31. The summed E-state index contributed by atoms with van der Waals surface area (Å²) in [7, 11) is 0. The van der Waals surface area contributed by atoms with Crippen LogP contribution in [0.3, 0.4) is 0 Å². The van der Waals surface area contributed by atoms with E-state index in [1.54, 1.807) is 10.8 Å². The summed E-state index contributed by atoms with van der Waals surface area (Å²) in [5.41, 5.74) is 0.385. The van der Waals surface area contributed by atoms with Gasteiger partial charge in [0.15, 0.2) is 0 Å². The fraction of sp³-hybridized carbons (Fsp3) is 0.357. The van der Waals surface area contributed by atoms with Crippen LogP contribution in [0.25, 0.3) is 11.3 Å². The van der Waals surface area contributed by atoms with Crippen LogP contribution >= 0.6 is 0 Å². The van der Waals surface area contributed by atoms with Gasteiger partial charge in [-0.25, -0.2) is 23.4 Å². The summed E-state index contributed by atoms with van der Waals surface area (Å²) in [6.45, 7) is 5.13. The topological polar surface area (TPSA) is 114 Å². The van der Waals surface area contributed by atoms with Crippen LogP contribution in [0, 0.1) is 17.0 Å². The van der Waals surface area contributed by atoms with Gasteiger partial charge in [-0.2, -0.15) is 0 Å². The Morgan fingerprint density at radius 2 is 1.90 bits per heavy atom. The zero-order valence-electron chi connectivity index (χ0n) is 21.9. The Morgan fingerprint density at radius 1 is 1.18 bits per heavy atom. The Balaban J connectivity index is 1.81. The molecule has 0 saturated carbocycles. The summed E-state index contributed by atoms with van der Waals surface area (Å²) in [6.07, 6.45) is 0.778. The molecule has 0 unspecified atom stereocenters. The van der Waals surface area contributed by atoms with Gasteiger partial charge in [-0.3, -0.25) is 4.79 Å². The molecule has 4 rings (SSSR count). The molecule has 2 aromatic carbocycles. The van der Waals surface area contributed by atoms with Crippen LogP contribution in [0.5, 0.6) is 0 Å². The minimum Gasteiger partial charge on any atom is -0.387 e. The van der Waals surface area contributed by atoms with Crippen LogP contribution in [0.4, 0.5) is 13.6 Å². The van der Waals surface area contributed by atoms with Gasteiger partial charge in [0.25, 0.3) is 0 Å². The Kier molecular flexibility index (Phi) is 8.10. The maximum absolute atomic E-state index is 14.8. The zero-order valence-corrected chi connectivity index (χ0v) is 21.9. The molecule has 1 aromatic heterocycles. The van der Waals surface area contributed by atoms with E-state index in [0.717, 1.165) is 23.8 Å². The SMILES string of the molecule is CC(C)(C)[C@H](c1nc(-c2cc(F)ccc2F)cn1Cc1ccccc1)N(CC[C@@H]1NC(=O)OC1=O)C(=O)CO. The standard InChI is InChI=1S/C28H30F2N4O5/c1-28(2,3)24(34(23(36)16-35)12-11-21-26(37)39-27(38)32-21)25-31-22(19-13-18(29)9-10-20(19)30)15-33(25)14-17-7-5-4-6-8-17/h4-10,13,15,21,24,35H,11-12,14,16H2,1-3H3,(H,32,38)/t21-,24-/m0/s1. The van der Waals surface area contributed by atoms with Gasteiger partial charge in [0.2, 0.25) is 5.91 Å². The van der Waals surface area contributed by atoms with Crippen molar-refractivity contribution >= 4 is 18.0 Å². The Labute approximate surface area is 224 Å². The second-order valence-electron chi connectivity index (χ2n) is 10.4. The molecule has 0 radical (unpaired) electrons. The molecule has 0 aliphatic carbocycles. The fourth-order valence-corrected chi connectivity index (χ4v) is 4.71. The highest BCUT2D eigenvalue weighted by molar-refractivity contribution is 5.95. The number of ether oxygens (including phenoxy) is 1. The second kappa shape index (κ2) is 11.3. The molecule has 39 heavy (non-hydrogen) atoms. The predicted octanol–water partition coefficient (Wildman–Crippen LogP) is 3.81. The van der Waals surface area contributed by atoms with E-state index in [1.807, 2.05) is 51.1 Å². The van der Waals surface area contributed by atoms with Crippen LogP contribution in [0.2, 0.25) is 0 Å². The third-order valence-corrected chi connectivity index (χ3v) is 6.47. The van der Waals surface area contributed by atoms with Crippen molar-refractivity contribution in [1.29, 1.82) is 0 Å². The molecular weight excluding hydrogens is 510 g/mol. The molecule has 1 saturated heterocycles. The lowest BCUT2D eigenvalue weighted by Gasteiger charge is -2.40. The number of esters is 1. The van der Waals surface area contributed by atoms with Gasteiger partial charge >= 0.3 is 12.1 Å². The highest BCUT2D eigenvalue weighted by Crippen LogP contribution is 2.39. The van der Waals surface area contributed by atoms with Crippen molar-refractivity contribution in [2.24, 2.45) is 5.41 Å². The largest absolute Gasteiger partial charge is 0.415 e. The molecule has 206 valence electrons. The molecule has 1 aliphatic rings. The van der Waals surface area contributed by atoms with E-state index in [4.69, 9.17) is 4.98 Å². The van der Waals surface area contributed by atoms with Gasteiger partial charge in [0.05, 0.1) is 11.7 Å². The van der Waals surface area contributed by atoms with Crippen molar-refractivity contribution in [2.45, 2.75) is 45.8 Å². The number of carbonyl (C=O) groups excluding carboxylic acids is 3. The number of alkyl carbamates (subject to hydrolysis) is 1. The van der Waals surface area contributed by atoms with Crippen molar-refractivity contribution in [3.63, 3.8) is 0 Å². The molecule has 2 N–H and O–H groups in total. The first-order valence-corrected chi connectivity index (χ1v) is 12.5. The summed E-state index contributed by atoms with van der Waals surface area (Å²) >= 11 is 0. The zero-order chi connectivity index (χ0) is 28.3. The lowest BCUT2D eigenvalue weighted by Crippen LogP contribution is -2.46. The van der Waals surface area contributed by atoms with E-state index in [0.29, 0.717) is 12.4 Å². The van der Waals surface area contributed by atoms with E-state index in [1.165, 1.54) is 4.90 Å². The normalized spacial score (nSPS) is 16.1. The molecule has 2 heterocycles. The van der Waals surface area contributed by atoms with Crippen molar-refractivity contribution < 1.29 is 33.0 Å². The minimum absolute atomic E-state index is 0.0246. The Bertz CT molecular complexity index is 1370. The number of hydrogen-bond donors (Lipinski definition) is 2. The fourth-order valence-electron chi connectivity index (χ4n) is 4.71. The minimum atomic E-state index is -0.951. The molecule has 0 spiro atoms. The number of hydrogen-bond acceptors (Lipinski definition) is 6. The first-order chi connectivity index (χ1) is 18.5. The molecule has 1 aliphatic heterocycles. The average Bonchev–Trinajstić information content (AvgIpc) is 3.43. The summed E-state index contributed by atoms with van der Waals surface area (Å²) in [5, 5.41) is 12.2. The van der Waals surface area contributed by atoms with Crippen LogP contribution in [-0.2, 0) is 20.9 Å². The number of imidazole rings is 1. The maximum Gasteiger partial charge on any atom is 0.415 e. The summed E-state index contributed by atoms with van der Waals surface area (Å²) in [6, 6.07) is 10.8. The van der Waals surface area contributed by atoms with Crippen molar-refractivity contribution in [2.75, 3.05) is 13.2 Å². The number of amides is 2. The van der Waals surface area contributed by atoms with E-state index in [9.17, 15) is 28.3 Å². The number of aromatic nitrogens is 2. The molecule has 3 aromatic rings. The monoisotopic (exact) mass is 540 g/mol. The van der Waals surface area contributed by atoms with Gasteiger partial charge in [-0.1, -0.05) is 51.1 Å². The summed E-state index contributed by atoms with van der Waals surface area (Å²) in [4.78, 5) is 42.7. The van der Waals surface area contributed by atoms with E-state index in [2.05, 4.69) is 10.1 Å². The van der Waals surface area contributed by atoms with Crippen molar-refractivity contribution in [3.8, 4) is 11.3 Å². The van der Waals surface area contributed by atoms with Crippen LogP contribution in [-0.4, -0.2) is 56.7 Å². The summed E-state index contributed by atoms with van der Waals surface area (Å²) < 4.78 is 35.2. The third-order valence-electron chi connectivity index (χ3n) is 6.47. The second-order valence-corrected chi connectivity index (χ2v) is 10.4. The number of aliphatic hydroxyl groups excluding tert-OH is 1. The molecule has 2 atom stereocenters. The molecular formula is C28H30F2N4O5. The highest BCUT2D eigenvalue weighted by atomic mass is 19.1. The van der Waals surface area contributed by atoms with Crippen molar-refractivity contribution in [3.05, 3.63) is 77.8 Å². The van der Waals surface area contributed by atoms with Crippen molar-refractivity contribution in [1.82, 2.24) is 19.8 Å². The molecule has 11 heteroatoms. The number of rotatable bonds is 9. The molecule has 0 bridgehead atoms. The van der Waals surface area contributed by atoms with Gasteiger partial charge in [-0.15, -0.1) is 0 Å².